The van der Waals surface area contributed by atoms with Gasteiger partial charge in [0.05, 0.1) is 18.2 Å². The topological polar surface area (TPSA) is 66.8 Å². The fourth-order valence-electron chi connectivity index (χ4n) is 5.07. The number of nitrogens with zero attached hydrogens (tertiary/aromatic N) is 1. The van der Waals surface area contributed by atoms with Crippen LogP contribution < -0.4 is 9.64 Å². The summed E-state index contributed by atoms with van der Waals surface area (Å²) in [6.45, 7) is 6.51. The Morgan fingerprint density at radius 2 is 1.68 bits per heavy atom. The number of carbonyl (C=O) groups excluding carboxylic acids is 2. The van der Waals surface area contributed by atoms with E-state index in [9.17, 15) is 14.7 Å². The van der Waals surface area contributed by atoms with Gasteiger partial charge in [-0.2, -0.15) is 0 Å². The first-order chi connectivity index (χ1) is 18.3. The number of hydrogen-bond donors (Lipinski definition) is 1. The van der Waals surface area contributed by atoms with Gasteiger partial charge in [0.2, 0.25) is 0 Å². The largest absolute Gasteiger partial charge is 0.507 e. The third-order valence-electron chi connectivity index (χ3n) is 6.87. The summed E-state index contributed by atoms with van der Waals surface area (Å²) in [7, 11) is 0. The maximum absolute atomic E-state index is 13.6. The Labute approximate surface area is 226 Å². The molecule has 0 bridgehead atoms. The molecule has 1 aliphatic heterocycles. The lowest BCUT2D eigenvalue weighted by atomic mass is 9.90. The van der Waals surface area contributed by atoms with E-state index in [1.807, 2.05) is 69.3 Å². The van der Waals surface area contributed by atoms with E-state index in [0.717, 1.165) is 27.6 Å². The Bertz CT molecular complexity index is 1570. The van der Waals surface area contributed by atoms with Crippen LogP contribution in [0.4, 0.5) is 5.69 Å². The van der Waals surface area contributed by atoms with Crippen molar-refractivity contribution in [3.63, 3.8) is 0 Å². The molecule has 4 aromatic carbocycles. The van der Waals surface area contributed by atoms with E-state index in [-0.39, 0.29) is 17.3 Å². The number of rotatable bonds is 6. The number of benzene rings is 4. The molecule has 1 amide bonds. The third kappa shape index (κ3) is 4.44. The van der Waals surface area contributed by atoms with Gasteiger partial charge < -0.3 is 9.84 Å². The SMILES string of the molecule is CCOc1ccc(/C(O)=C2\C(=O)C(=O)N(c3ccc(Cl)cc3)C2c2cccc3ccccc23)cc1C(C)C. The average Bonchev–Trinajstić information content (AvgIpc) is 3.18. The lowest BCUT2D eigenvalue weighted by Gasteiger charge is -2.26. The van der Waals surface area contributed by atoms with E-state index < -0.39 is 17.7 Å². The van der Waals surface area contributed by atoms with E-state index in [1.165, 1.54) is 4.90 Å². The van der Waals surface area contributed by atoms with Crippen molar-refractivity contribution in [3.8, 4) is 5.75 Å². The van der Waals surface area contributed by atoms with Crippen molar-refractivity contribution in [1.29, 1.82) is 0 Å². The second-order valence-electron chi connectivity index (χ2n) is 9.55. The van der Waals surface area contributed by atoms with Crippen LogP contribution in [0, 0.1) is 0 Å². The number of ether oxygens (including phenoxy) is 1. The molecule has 1 atom stereocenters. The minimum absolute atomic E-state index is 0.0418. The van der Waals surface area contributed by atoms with E-state index in [0.29, 0.717) is 22.9 Å². The van der Waals surface area contributed by atoms with Crippen LogP contribution in [0.3, 0.4) is 0 Å². The number of halogens is 1. The van der Waals surface area contributed by atoms with Crippen LogP contribution in [0.5, 0.6) is 5.75 Å². The normalized spacial score (nSPS) is 17.0. The molecule has 1 unspecified atom stereocenters. The summed E-state index contributed by atoms with van der Waals surface area (Å²) in [4.78, 5) is 28.6. The van der Waals surface area contributed by atoms with Crippen LogP contribution in [0.25, 0.3) is 16.5 Å². The van der Waals surface area contributed by atoms with Crippen LogP contribution >= 0.6 is 11.6 Å². The lowest BCUT2D eigenvalue weighted by molar-refractivity contribution is -0.132. The summed E-state index contributed by atoms with van der Waals surface area (Å²) in [5, 5.41) is 14.0. The van der Waals surface area contributed by atoms with Crippen LogP contribution in [0.15, 0.2) is 90.5 Å². The van der Waals surface area contributed by atoms with E-state index in [1.54, 1.807) is 36.4 Å². The number of fused-ring (bicyclic) bond motifs is 1. The summed E-state index contributed by atoms with van der Waals surface area (Å²) in [6.07, 6.45) is 0. The molecule has 0 aromatic heterocycles. The predicted octanol–water partition coefficient (Wildman–Crippen LogP) is 7.64. The molecule has 0 radical (unpaired) electrons. The van der Waals surface area contributed by atoms with Gasteiger partial charge in [-0.1, -0.05) is 67.9 Å². The molecule has 1 heterocycles. The van der Waals surface area contributed by atoms with Gasteiger partial charge in [0.1, 0.15) is 11.5 Å². The molecule has 0 aliphatic carbocycles. The molecule has 38 heavy (non-hydrogen) atoms. The molecule has 0 spiro atoms. The monoisotopic (exact) mass is 525 g/mol. The van der Waals surface area contributed by atoms with E-state index in [2.05, 4.69) is 0 Å². The molecular weight excluding hydrogens is 498 g/mol. The van der Waals surface area contributed by atoms with Crippen LogP contribution in [0.2, 0.25) is 5.02 Å². The molecule has 1 N–H and O–H groups in total. The second kappa shape index (κ2) is 10.3. The molecule has 5 nitrogen and oxygen atoms in total. The number of anilines is 1. The zero-order chi connectivity index (χ0) is 27.0. The summed E-state index contributed by atoms with van der Waals surface area (Å²) >= 11 is 6.12. The van der Waals surface area contributed by atoms with E-state index in [4.69, 9.17) is 16.3 Å². The molecule has 6 heteroatoms. The van der Waals surface area contributed by atoms with Gasteiger partial charge in [-0.3, -0.25) is 14.5 Å². The molecule has 5 rings (SSSR count). The van der Waals surface area contributed by atoms with Crippen LogP contribution in [0.1, 0.15) is 49.4 Å². The Balaban J connectivity index is 1.77. The van der Waals surface area contributed by atoms with Crippen molar-refractivity contribution >= 4 is 45.5 Å². The minimum Gasteiger partial charge on any atom is -0.507 e. The highest BCUT2D eigenvalue weighted by atomic mass is 35.5. The first-order valence-corrected chi connectivity index (χ1v) is 13.0. The van der Waals surface area contributed by atoms with Crippen molar-refractivity contribution in [3.05, 3.63) is 112 Å². The summed E-state index contributed by atoms with van der Waals surface area (Å²) in [6, 6.07) is 24.9. The number of carbonyl (C=O) groups is 2. The van der Waals surface area contributed by atoms with Crippen LogP contribution in [-0.2, 0) is 9.59 Å². The van der Waals surface area contributed by atoms with Gasteiger partial charge in [-0.15, -0.1) is 0 Å². The quantitative estimate of drug-likeness (QED) is 0.159. The molecule has 4 aromatic rings. The summed E-state index contributed by atoms with van der Waals surface area (Å²) in [5.41, 5.74) is 2.66. The molecule has 1 aliphatic rings. The fraction of sp³-hybridized carbons (Fsp3) is 0.188. The summed E-state index contributed by atoms with van der Waals surface area (Å²) < 4.78 is 5.78. The van der Waals surface area contributed by atoms with Gasteiger partial charge in [0.25, 0.3) is 11.7 Å². The highest BCUT2D eigenvalue weighted by Gasteiger charge is 2.47. The Hall–Kier alpha value is -4.09. The van der Waals surface area contributed by atoms with Gasteiger partial charge in [0.15, 0.2) is 0 Å². The number of aliphatic hydroxyl groups is 1. The maximum atomic E-state index is 13.6. The molecule has 192 valence electrons. The van der Waals surface area contributed by atoms with Crippen molar-refractivity contribution in [2.75, 3.05) is 11.5 Å². The van der Waals surface area contributed by atoms with Crippen molar-refractivity contribution in [2.24, 2.45) is 0 Å². The van der Waals surface area contributed by atoms with E-state index >= 15 is 0 Å². The average molecular weight is 526 g/mol. The number of Topliss-reactive ketones (excluding diaryl/α,β-unsaturated/α-hetero) is 1. The highest BCUT2D eigenvalue weighted by molar-refractivity contribution is 6.52. The standard InChI is InChI=1S/C32H28ClNO4/c1-4-38-27-17-12-21(18-26(27)19(2)3)30(35)28-29(25-11-7-9-20-8-5-6-10-24(20)25)34(32(37)31(28)36)23-15-13-22(33)14-16-23/h5-19,29,35H,4H2,1-3H3/b30-28+. The molecule has 0 saturated carbocycles. The second-order valence-corrected chi connectivity index (χ2v) is 9.99. The van der Waals surface area contributed by atoms with Gasteiger partial charge in [-0.25, -0.2) is 0 Å². The minimum atomic E-state index is -0.837. The van der Waals surface area contributed by atoms with Crippen molar-refractivity contribution < 1.29 is 19.4 Å². The lowest BCUT2D eigenvalue weighted by Crippen LogP contribution is -2.29. The van der Waals surface area contributed by atoms with Gasteiger partial charge in [-0.05, 0) is 77.2 Å². The Kier molecular flexibility index (Phi) is 6.96. The summed E-state index contributed by atoms with van der Waals surface area (Å²) in [5.74, 6) is -0.819. The molecular formula is C32H28ClNO4. The van der Waals surface area contributed by atoms with Gasteiger partial charge >= 0.3 is 0 Å². The first kappa shape index (κ1) is 25.6. The highest BCUT2D eigenvalue weighted by Crippen LogP contribution is 2.44. The fourth-order valence-corrected chi connectivity index (χ4v) is 5.20. The van der Waals surface area contributed by atoms with Crippen LogP contribution in [-0.4, -0.2) is 23.4 Å². The number of hydrogen-bond acceptors (Lipinski definition) is 4. The predicted molar refractivity (Wildman–Crippen MR) is 152 cm³/mol. The number of ketones is 1. The number of aliphatic hydroxyl groups excluding tert-OH is 1. The third-order valence-corrected chi connectivity index (χ3v) is 7.12. The Morgan fingerprint density at radius 3 is 2.39 bits per heavy atom. The molecule has 1 fully saturated rings. The first-order valence-electron chi connectivity index (χ1n) is 12.6. The zero-order valence-electron chi connectivity index (χ0n) is 21.4. The smallest absolute Gasteiger partial charge is 0.300 e. The molecule has 1 saturated heterocycles. The zero-order valence-corrected chi connectivity index (χ0v) is 22.2. The number of amides is 1. The Morgan fingerprint density at radius 1 is 0.974 bits per heavy atom. The van der Waals surface area contributed by atoms with Gasteiger partial charge in [0, 0.05) is 16.3 Å². The maximum Gasteiger partial charge on any atom is 0.300 e. The van der Waals surface area contributed by atoms with Crippen molar-refractivity contribution in [2.45, 2.75) is 32.7 Å². The van der Waals surface area contributed by atoms with Crippen molar-refractivity contribution in [1.82, 2.24) is 0 Å².